The quantitative estimate of drug-likeness (QED) is 0.451. The molecule has 0 saturated heterocycles. The Balaban J connectivity index is 2.27. The monoisotopic (exact) mass is 318 g/mol. The van der Waals surface area contributed by atoms with Crippen LogP contribution >= 0.6 is 0 Å². The van der Waals surface area contributed by atoms with Crippen LogP contribution in [0, 0.1) is 22.7 Å². The Labute approximate surface area is 139 Å². The zero-order valence-corrected chi connectivity index (χ0v) is 14.7. The van der Waals surface area contributed by atoms with Gasteiger partial charge in [0, 0.05) is 0 Å². The summed E-state index contributed by atoms with van der Waals surface area (Å²) in [6.07, 6.45) is 9.05. The van der Waals surface area contributed by atoms with Gasteiger partial charge in [-0.25, -0.2) is 0 Å². The molecule has 128 valence electrons. The highest BCUT2D eigenvalue weighted by molar-refractivity contribution is 5.75. The van der Waals surface area contributed by atoms with Crippen molar-refractivity contribution in [3.63, 3.8) is 0 Å². The van der Waals surface area contributed by atoms with Crippen LogP contribution in [0.4, 0.5) is 0 Å². The summed E-state index contributed by atoms with van der Waals surface area (Å²) in [4.78, 5) is 22.6. The molecule has 4 atom stereocenters. The van der Waals surface area contributed by atoms with Crippen LogP contribution in [-0.4, -0.2) is 17.4 Å². The van der Waals surface area contributed by atoms with E-state index >= 15 is 0 Å². The Bertz CT molecular complexity index is 533. The molecule has 1 unspecified atom stereocenters. The van der Waals surface area contributed by atoms with E-state index in [4.69, 9.17) is 0 Å². The average Bonchev–Trinajstić information content (AvgIpc) is 2.46. The second-order valence-electron chi connectivity index (χ2n) is 8.07. The molecule has 0 heterocycles. The summed E-state index contributed by atoms with van der Waals surface area (Å²) in [5.74, 6) is -0.0703. The van der Waals surface area contributed by atoms with Gasteiger partial charge in [-0.05, 0) is 75.7 Å². The minimum atomic E-state index is -0.642. The third-order valence-electron chi connectivity index (χ3n) is 6.69. The van der Waals surface area contributed by atoms with E-state index in [1.165, 1.54) is 5.57 Å². The predicted molar refractivity (Wildman–Crippen MR) is 92.1 cm³/mol. The summed E-state index contributed by atoms with van der Waals surface area (Å²) < 4.78 is 0. The van der Waals surface area contributed by atoms with Crippen LogP contribution in [0.1, 0.15) is 65.7 Å². The molecule has 0 aromatic carbocycles. The number of carboxylic acid groups (broad SMARTS) is 1. The van der Waals surface area contributed by atoms with E-state index in [9.17, 15) is 14.7 Å². The number of aldehydes is 1. The normalized spacial score (nSPS) is 38.0. The van der Waals surface area contributed by atoms with Crippen LogP contribution in [0.3, 0.4) is 0 Å². The lowest BCUT2D eigenvalue weighted by Crippen LogP contribution is -2.53. The largest absolute Gasteiger partial charge is 0.481 e. The molecule has 0 radical (unpaired) electrons. The molecule has 2 saturated carbocycles. The number of allylic oxidation sites excluding steroid dienone is 3. The number of fused-ring (bicyclic) bond motifs is 1. The molecule has 0 amide bonds. The first-order chi connectivity index (χ1) is 10.8. The van der Waals surface area contributed by atoms with Crippen molar-refractivity contribution in [2.45, 2.75) is 65.7 Å². The van der Waals surface area contributed by atoms with Gasteiger partial charge < -0.3 is 5.11 Å². The van der Waals surface area contributed by atoms with Crippen molar-refractivity contribution in [2.24, 2.45) is 22.7 Å². The van der Waals surface area contributed by atoms with Crippen molar-refractivity contribution in [3.05, 3.63) is 23.8 Å². The first kappa shape index (κ1) is 18.0. The predicted octanol–water partition coefficient (Wildman–Crippen LogP) is 4.78. The molecule has 2 fully saturated rings. The van der Waals surface area contributed by atoms with Crippen molar-refractivity contribution in [1.29, 1.82) is 0 Å². The summed E-state index contributed by atoms with van der Waals surface area (Å²) in [6.45, 7) is 10.5. The molecule has 2 aliphatic carbocycles. The number of carbonyl (C=O) groups is 2. The molecule has 2 aliphatic rings. The molecule has 23 heavy (non-hydrogen) atoms. The molecule has 3 nitrogen and oxygen atoms in total. The topological polar surface area (TPSA) is 54.4 Å². The van der Waals surface area contributed by atoms with E-state index < -0.39 is 11.4 Å². The summed E-state index contributed by atoms with van der Waals surface area (Å²) in [6, 6.07) is 0. The van der Waals surface area contributed by atoms with Gasteiger partial charge >= 0.3 is 5.97 Å². The number of aliphatic carboxylic acids is 1. The third kappa shape index (κ3) is 3.15. The van der Waals surface area contributed by atoms with Gasteiger partial charge in [0.15, 0.2) is 0 Å². The second kappa shape index (κ2) is 6.62. The Morgan fingerprint density at radius 3 is 2.70 bits per heavy atom. The Morgan fingerprint density at radius 1 is 1.39 bits per heavy atom. The van der Waals surface area contributed by atoms with Crippen molar-refractivity contribution in [3.8, 4) is 0 Å². The maximum atomic E-state index is 11.9. The number of carboxylic acids is 1. The lowest BCUT2D eigenvalue weighted by molar-refractivity contribution is -0.164. The molecular formula is C20H30O3. The highest BCUT2D eigenvalue weighted by Crippen LogP contribution is 2.62. The fraction of sp³-hybridized carbons (Fsp3) is 0.700. The minimum absolute atomic E-state index is 0.0161. The number of rotatable bonds is 5. The van der Waals surface area contributed by atoms with Crippen molar-refractivity contribution >= 4 is 12.3 Å². The number of hydrogen-bond acceptors (Lipinski definition) is 2. The lowest BCUT2D eigenvalue weighted by Gasteiger charge is -2.57. The second-order valence-corrected chi connectivity index (χ2v) is 8.07. The van der Waals surface area contributed by atoms with Crippen LogP contribution in [0.2, 0.25) is 0 Å². The maximum Gasteiger partial charge on any atom is 0.309 e. The smallest absolute Gasteiger partial charge is 0.309 e. The van der Waals surface area contributed by atoms with Crippen LogP contribution in [0.15, 0.2) is 23.8 Å². The molecule has 0 bridgehead atoms. The summed E-state index contributed by atoms with van der Waals surface area (Å²) in [5.41, 5.74) is 1.77. The zero-order chi connectivity index (χ0) is 17.3. The maximum absolute atomic E-state index is 11.9. The molecular weight excluding hydrogens is 288 g/mol. The lowest BCUT2D eigenvalue weighted by atomic mass is 9.46. The van der Waals surface area contributed by atoms with Crippen LogP contribution < -0.4 is 0 Å². The molecule has 0 aliphatic heterocycles. The molecule has 0 aromatic heterocycles. The van der Waals surface area contributed by atoms with Gasteiger partial charge in [0.25, 0.3) is 0 Å². The van der Waals surface area contributed by atoms with Crippen LogP contribution in [0.5, 0.6) is 0 Å². The van der Waals surface area contributed by atoms with Gasteiger partial charge in [0.1, 0.15) is 6.29 Å². The Morgan fingerprint density at radius 2 is 2.09 bits per heavy atom. The molecule has 0 aromatic rings. The Kier molecular flexibility index (Phi) is 5.17. The van der Waals surface area contributed by atoms with Crippen molar-refractivity contribution < 1.29 is 14.7 Å². The van der Waals surface area contributed by atoms with Gasteiger partial charge in [0.2, 0.25) is 0 Å². The van der Waals surface area contributed by atoms with Crippen molar-refractivity contribution in [1.82, 2.24) is 0 Å². The number of carbonyl (C=O) groups excluding carboxylic acids is 1. The van der Waals surface area contributed by atoms with Gasteiger partial charge in [-0.1, -0.05) is 31.1 Å². The third-order valence-corrected chi connectivity index (χ3v) is 6.69. The van der Waals surface area contributed by atoms with Crippen LogP contribution in [-0.2, 0) is 9.59 Å². The van der Waals surface area contributed by atoms with E-state index in [1.54, 1.807) is 6.08 Å². The highest BCUT2D eigenvalue weighted by Gasteiger charge is 2.57. The SMILES string of the molecule is C=C1CCC2[C@](C)(CCC[C@]2(C)C(=O)O)[C@H]1CC/C(C)=C\C=O. The van der Waals surface area contributed by atoms with Gasteiger partial charge in [-0.2, -0.15) is 0 Å². The van der Waals surface area contributed by atoms with Gasteiger partial charge in [-0.3, -0.25) is 9.59 Å². The van der Waals surface area contributed by atoms with Gasteiger partial charge in [-0.15, -0.1) is 0 Å². The van der Waals surface area contributed by atoms with E-state index in [1.807, 2.05) is 13.8 Å². The molecule has 1 N–H and O–H groups in total. The van der Waals surface area contributed by atoms with E-state index in [2.05, 4.69) is 13.5 Å². The Hall–Kier alpha value is -1.38. The van der Waals surface area contributed by atoms with E-state index in [0.29, 0.717) is 5.92 Å². The fourth-order valence-corrected chi connectivity index (χ4v) is 5.31. The average molecular weight is 318 g/mol. The standard InChI is InChI=1S/C20H30O3/c1-14(10-13-21)6-8-16-15(2)7-9-17-19(16,3)11-5-12-20(17,4)18(22)23/h10,13,16-17H,2,5-9,11-12H2,1,3-4H3,(H,22,23)/b14-10-/t16-,17?,19+,20-/m0/s1. The van der Waals surface area contributed by atoms with E-state index in [-0.39, 0.29) is 11.3 Å². The first-order valence-corrected chi connectivity index (χ1v) is 8.77. The molecule has 2 rings (SSSR count). The zero-order valence-electron chi connectivity index (χ0n) is 14.7. The van der Waals surface area contributed by atoms with Gasteiger partial charge in [0.05, 0.1) is 5.41 Å². The minimum Gasteiger partial charge on any atom is -0.481 e. The summed E-state index contributed by atoms with van der Waals surface area (Å²) in [5, 5.41) is 9.82. The number of hydrogen-bond donors (Lipinski definition) is 1. The molecule has 3 heteroatoms. The molecule has 0 spiro atoms. The summed E-state index contributed by atoms with van der Waals surface area (Å²) >= 11 is 0. The highest BCUT2D eigenvalue weighted by atomic mass is 16.4. The first-order valence-electron chi connectivity index (χ1n) is 8.77. The summed E-state index contributed by atoms with van der Waals surface area (Å²) in [7, 11) is 0. The fourth-order valence-electron chi connectivity index (χ4n) is 5.31. The van der Waals surface area contributed by atoms with E-state index in [0.717, 1.165) is 56.8 Å². The van der Waals surface area contributed by atoms with Crippen LogP contribution in [0.25, 0.3) is 0 Å². The van der Waals surface area contributed by atoms with Crippen molar-refractivity contribution in [2.75, 3.05) is 0 Å².